The number of rotatable bonds is 7. The highest BCUT2D eigenvalue weighted by atomic mass is 16.8. The number of hydrogen-bond donors (Lipinski definition) is 10. The minimum absolute atomic E-state index is 0.0759. The van der Waals surface area contributed by atoms with Crippen molar-refractivity contribution in [2.24, 2.45) is 56.7 Å². The summed E-state index contributed by atoms with van der Waals surface area (Å²) in [5.41, 5.74) is -2.31. The zero-order valence-corrected chi connectivity index (χ0v) is 38.6. The Balaban J connectivity index is 0.979. The fraction of sp³-hybridized carbons (Fsp3) is 0.957. The smallest absolute Gasteiger partial charge is 0.187 e. The molecule has 4 aliphatic heterocycles. The van der Waals surface area contributed by atoms with Crippen LogP contribution in [0.25, 0.3) is 0 Å². The Morgan fingerprint density at radius 2 is 1.33 bits per heavy atom. The van der Waals surface area contributed by atoms with Gasteiger partial charge in [0.1, 0.15) is 61.0 Å². The lowest BCUT2D eigenvalue weighted by Gasteiger charge is -2.73. The van der Waals surface area contributed by atoms with E-state index in [0.29, 0.717) is 25.9 Å². The lowest BCUT2D eigenvalue weighted by atomic mass is 9.31. The maximum absolute atomic E-state index is 12.3. The predicted molar refractivity (Wildman–Crippen MR) is 223 cm³/mol. The van der Waals surface area contributed by atoms with Gasteiger partial charge in [-0.1, -0.05) is 60.6 Å². The van der Waals surface area contributed by atoms with Crippen LogP contribution in [0, 0.1) is 56.7 Å². The Morgan fingerprint density at radius 1 is 0.672 bits per heavy atom. The molecule has 0 aromatic carbocycles. The SMILES string of the molecule is C[C@H]1[C@H](C)[C@@H](O)C[C@]23CO[C@@]4(C=C[C@@H]5[C@@]6(C)CC[C@H](O[C@@H]7O[C@H](C)[C@H](O)[C@H](O)[C@H]7O[C@@H]7O[C@H](CO)[C@@H](O)[C@H](O)[C@H]7O[C@@H]7OC[C@@H](O)[C@H](O)[C@H]7O)C(C)(C)[C@@H]6CC[C@@]5(C)[C@]4(C)C[C@H]2O)[C@H]13. The van der Waals surface area contributed by atoms with Gasteiger partial charge in [0.2, 0.25) is 0 Å². The van der Waals surface area contributed by atoms with E-state index in [-0.39, 0.29) is 45.8 Å². The van der Waals surface area contributed by atoms with Crippen LogP contribution in [0.15, 0.2) is 12.2 Å². The van der Waals surface area contributed by atoms with Crippen LogP contribution in [-0.2, 0) is 33.2 Å². The zero-order valence-electron chi connectivity index (χ0n) is 38.6. The van der Waals surface area contributed by atoms with Crippen molar-refractivity contribution in [3.63, 3.8) is 0 Å². The summed E-state index contributed by atoms with van der Waals surface area (Å²) in [6.45, 7) is 16.9. The van der Waals surface area contributed by atoms with E-state index in [1.807, 2.05) is 0 Å². The Bertz CT molecular complexity index is 1750. The second-order valence-corrected chi connectivity index (χ2v) is 23.0. The average molecular weight is 913 g/mol. The highest BCUT2D eigenvalue weighted by molar-refractivity contribution is 5.36. The number of fused-ring (bicyclic) bond motifs is 4. The first-order chi connectivity index (χ1) is 29.9. The summed E-state index contributed by atoms with van der Waals surface area (Å²) < 4.78 is 43.9. The molecule has 0 unspecified atom stereocenters. The minimum Gasteiger partial charge on any atom is -0.394 e. The fourth-order valence-electron chi connectivity index (χ4n) is 15.8. The molecule has 17 heteroatoms. The third kappa shape index (κ3) is 6.57. The molecule has 4 saturated carbocycles. The standard InChI is InChI=1S/C47H76O17/c1-20-21(2)38-46(15-23(20)49)19-59-47(38)14-10-27-43(6)12-11-29(42(4,5)26(43)9-13-44(27,7)45(47,8)16-28(46)51)62-40-36(33(55)30(52)22(3)60-40)64-41-37(34(56)32(54)25(17-48)61-41)63-39-35(57)31(53)24(50)18-58-39/h10,14,20-41,48-57H,9,11-13,15-19H2,1-8H3/t20-,21-,22+,23-,24+,25+,26-,27+,28+,29-,30-,31-,32+,33-,34-,35+,36+,37+,38+,39-,40-,41-,43-,44+,45-,46-,47-/m0/s1. The van der Waals surface area contributed by atoms with Gasteiger partial charge in [-0.2, -0.15) is 0 Å². The van der Waals surface area contributed by atoms with E-state index in [0.717, 1.165) is 19.3 Å². The number of aliphatic hydroxyl groups is 10. The van der Waals surface area contributed by atoms with Crippen LogP contribution in [0.3, 0.4) is 0 Å². The summed E-state index contributed by atoms with van der Waals surface area (Å²) in [7, 11) is 0. The van der Waals surface area contributed by atoms with Crippen LogP contribution >= 0.6 is 0 Å². The molecule has 9 rings (SSSR count). The summed E-state index contributed by atoms with van der Waals surface area (Å²) in [6.07, 6.45) is -13.6. The third-order valence-corrected chi connectivity index (χ3v) is 19.9. The molecule has 17 nitrogen and oxygen atoms in total. The molecule has 366 valence electrons. The Labute approximate surface area is 376 Å². The predicted octanol–water partition coefficient (Wildman–Crippen LogP) is 0.0945. The molecule has 0 aromatic rings. The molecule has 0 aromatic heterocycles. The van der Waals surface area contributed by atoms with E-state index in [4.69, 9.17) is 33.2 Å². The number of ether oxygens (including phenoxy) is 7. The van der Waals surface area contributed by atoms with E-state index >= 15 is 0 Å². The number of allylic oxidation sites excluding steroid dienone is 1. The van der Waals surface area contributed by atoms with Crippen molar-refractivity contribution in [1.82, 2.24) is 0 Å². The highest BCUT2D eigenvalue weighted by Crippen LogP contribution is 2.79. The van der Waals surface area contributed by atoms with Gasteiger partial charge in [0.25, 0.3) is 0 Å². The lowest BCUT2D eigenvalue weighted by Crippen LogP contribution is -2.73. The van der Waals surface area contributed by atoms with E-state index in [1.165, 1.54) is 0 Å². The van der Waals surface area contributed by atoms with Crippen molar-refractivity contribution in [1.29, 1.82) is 0 Å². The van der Waals surface area contributed by atoms with E-state index < -0.39 is 134 Å². The summed E-state index contributed by atoms with van der Waals surface area (Å²) in [5, 5.41) is 109. The highest BCUT2D eigenvalue weighted by Gasteiger charge is 2.80. The van der Waals surface area contributed by atoms with Crippen LogP contribution < -0.4 is 0 Å². The molecular weight excluding hydrogens is 836 g/mol. The van der Waals surface area contributed by atoms with Gasteiger partial charge in [-0.3, -0.25) is 0 Å². The van der Waals surface area contributed by atoms with Crippen molar-refractivity contribution in [3.8, 4) is 0 Å². The first-order valence-corrected chi connectivity index (χ1v) is 23.9. The van der Waals surface area contributed by atoms with E-state index in [9.17, 15) is 51.1 Å². The monoisotopic (exact) mass is 913 g/mol. The molecular formula is C47H76O17. The van der Waals surface area contributed by atoms with Crippen molar-refractivity contribution in [2.45, 2.75) is 204 Å². The summed E-state index contributed by atoms with van der Waals surface area (Å²) in [5.74, 6) is 0.620. The second kappa shape index (κ2) is 16.3. The fourth-order valence-corrected chi connectivity index (χ4v) is 15.8. The summed E-state index contributed by atoms with van der Waals surface area (Å²) in [6, 6.07) is 0. The summed E-state index contributed by atoms with van der Waals surface area (Å²) >= 11 is 0. The molecule has 8 fully saturated rings. The molecule has 9 aliphatic rings. The van der Waals surface area contributed by atoms with Crippen molar-refractivity contribution in [2.75, 3.05) is 19.8 Å². The molecule has 0 amide bonds. The van der Waals surface area contributed by atoms with Crippen LogP contribution in [-0.4, -0.2) is 181 Å². The first-order valence-electron chi connectivity index (χ1n) is 23.9. The van der Waals surface area contributed by atoms with Crippen molar-refractivity contribution >= 4 is 0 Å². The topological polar surface area (TPSA) is 267 Å². The number of aliphatic hydroxyl groups excluding tert-OH is 10. The molecule has 0 radical (unpaired) electrons. The van der Waals surface area contributed by atoms with Gasteiger partial charge in [-0.15, -0.1) is 0 Å². The van der Waals surface area contributed by atoms with Gasteiger partial charge >= 0.3 is 0 Å². The van der Waals surface area contributed by atoms with E-state index in [1.54, 1.807) is 6.92 Å². The quantitative estimate of drug-likeness (QED) is 0.120. The van der Waals surface area contributed by atoms with Gasteiger partial charge in [0.15, 0.2) is 18.9 Å². The van der Waals surface area contributed by atoms with Gasteiger partial charge in [-0.05, 0) is 85.4 Å². The average Bonchev–Trinajstić information content (AvgIpc) is 3.54. The molecule has 10 N–H and O–H groups in total. The maximum Gasteiger partial charge on any atom is 0.187 e. The lowest BCUT2D eigenvalue weighted by molar-refractivity contribution is -0.393. The van der Waals surface area contributed by atoms with Gasteiger partial charge < -0.3 is 84.2 Å². The third-order valence-electron chi connectivity index (χ3n) is 19.9. The van der Waals surface area contributed by atoms with Crippen molar-refractivity contribution in [3.05, 3.63) is 12.2 Å². The Morgan fingerprint density at radius 3 is 2.02 bits per heavy atom. The van der Waals surface area contributed by atoms with Crippen LogP contribution in [0.4, 0.5) is 0 Å². The minimum atomic E-state index is -1.79. The van der Waals surface area contributed by atoms with Crippen LogP contribution in [0.1, 0.15) is 93.9 Å². The van der Waals surface area contributed by atoms with Crippen LogP contribution in [0.5, 0.6) is 0 Å². The second-order valence-electron chi connectivity index (χ2n) is 23.0. The van der Waals surface area contributed by atoms with Gasteiger partial charge in [-0.25, -0.2) is 0 Å². The largest absolute Gasteiger partial charge is 0.394 e. The maximum atomic E-state index is 12.3. The Hall–Kier alpha value is -0.940. The normalized spacial score (nSPS) is 60.2. The van der Waals surface area contributed by atoms with Gasteiger partial charge in [0, 0.05) is 16.7 Å². The zero-order chi connectivity index (χ0) is 46.4. The molecule has 1 spiro atoms. The molecule has 27 atom stereocenters. The molecule has 5 aliphatic carbocycles. The number of hydrogen-bond acceptors (Lipinski definition) is 17. The van der Waals surface area contributed by atoms with E-state index in [2.05, 4.69) is 60.6 Å². The van der Waals surface area contributed by atoms with Gasteiger partial charge in [0.05, 0.1) is 49.8 Å². The molecule has 2 bridgehead atoms. The first kappa shape index (κ1) is 48.1. The van der Waals surface area contributed by atoms with Crippen molar-refractivity contribution < 1.29 is 84.2 Å². The molecule has 4 heterocycles. The Kier molecular flexibility index (Phi) is 12.3. The molecule has 4 saturated heterocycles. The van der Waals surface area contributed by atoms with Crippen LogP contribution in [0.2, 0.25) is 0 Å². The summed E-state index contributed by atoms with van der Waals surface area (Å²) in [4.78, 5) is 0. The molecule has 64 heavy (non-hydrogen) atoms.